The number of sulfonamides is 1. The number of nitrogens with one attached hydrogen (secondary N) is 1. The molecule has 0 bridgehead atoms. The molecule has 0 aliphatic heterocycles. The van der Waals surface area contributed by atoms with E-state index in [2.05, 4.69) is 34.8 Å². The quantitative estimate of drug-likeness (QED) is 0.454. The number of aryl methyl sites for hydroxylation is 1. The van der Waals surface area contributed by atoms with Gasteiger partial charge >= 0.3 is 0 Å². The van der Waals surface area contributed by atoms with Gasteiger partial charge in [-0.05, 0) is 93.1 Å². The number of anilines is 1. The summed E-state index contributed by atoms with van der Waals surface area (Å²) in [5, 5.41) is 1.53. The van der Waals surface area contributed by atoms with Crippen molar-refractivity contribution in [3.8, 4) is 0 Å². The van der Waals surface area contributed by atoms with Crippen molar-refractivity contribution in [3.05, 3.63) is 75.9 Å². The van der Waals surface area contributed by atoms with E-state index in [1.54, 1.807) is 6.07 Å². The minimum atomic E-state index is -4.49. The monoisotopic (exact) mass is 497 g/mol. The average molecular weight is 498 g/mol. The van der Waals surface area contributed by atoms with Crippen molar-refractivity contribution in [3.63, 3.8) is 0 Å². The summed E-state index contributed by atoms with van der Waals surface area (Å²) in [4.78, 5) is 1.01. The van der Waals surface area contributed by atoms with E-state index in [9.17, 15) is 21.6 Å². The molecular weight excluding hydrogens is 471 g/mol. The standard InChI is InChI=1S/C23H26F3N3O2S2/c1-23(2,3)29(4)14-16-6-5-7-18(24)17(16)9-8-15-12-19(25)22(20(26)13-15)33(30,31)28-21-10-11-32-27-21/h5-7,10-13H,8-9,14H2,1-4H3,(H,27,28). The highest BCUT2D eigenvalue weighted by molar-refractivity contribution is 7.92. The van der Waals surface area contributed by atoms with E-state index < -0.39 is 26.6 Å². The van der Waals surface area contributed by atoms with Crippen LogP contribution < -0.4 is 4.72 Å². The summed E-state index contributed by atoms with van der Waals surface area (Å²) in [7, 11) is -2.55. The Morgan fingerprint density at radius 1 is 1.03 bits per heavy atom. The third-order valence-corrected chi connectivity index (χ3v) is 7.40. The summed E-state index contributed by atoms with van der Waals surface area (Å²) in [6.07, 6.45) is 0.350. The van der Waals surface area contributed by atoms with Gasteiger partial charge in [0.15, 0.2) is 10.7 Å². The van der Waals surface area contributed by atoms with Gasteiger partial charge in [0.25, 0.3) is 10.0 Å². The highest BCUT2D eigenvalue weighted by Crippen LogP contribution is 2.25. The van der Waals surface area contributed by atoms with Gasteiger partial charge in [-0.15, -0.1) is 0 Å². The van der Waals surface area contributed by atoms with E-state index in [4.69, 9.17) is 0 Å². The molecule has 1 heterocycles. The van der Waals surface area contributed by atoms with Crippen LogP contribution in [0, 0.1) is 17.5 Å². The van der Waals surface area contributed by atoms with Crippen LogP contribution in [0.5, 0.6) is 0 Å². The normalized spacial score (nSPS) is 12.4. The van der Waals surface area contributed by atoms with Gasteiger partial charge in [-0.1, -0.05) is 12.1 Å². The molecule has 0 radical (unpaired) electrons. The topological polar surface area (TPSA) is 62.3 Å². The van der Waals surface area contributed by atoms with Crippen LogP contribution in [0.2, 0.25) is 0 Å². The van der Waals surface area contributed by atoms with Crippen LogP contribution >= 0.6 is 11.5 Å². The van der Waals surface area contributed by atoms with Gasteiger partial charge in [-0.2, -0.15) is 4.37 Å². The molecule has 5 nitrogen and oxygen atoms in total. The van der Waals surface area contributed by atoms with Gasteiger partial charge in [-0.3, -0.25) is 9.62 Å². The van der Waals surface area contributed by atoms with Crippen molar-refractivity contribution < 1.29 is 21.6 Å². The predicted octanol–water partition coefficient (Wildman–Crippen LogP) is 5.38. The highest BCUT2D eigenvalue weighted by Gasteiger charge is 2.26. The Morgan fingerprint density at radius 2 is 1.70 bits per heavy atom. The highest BCUT2D eigenvalue weighted by atomic mass is 32.2. The molecular formula is C23H26F3N3O2S2. The smallest absolute Gasteiger partial charge is 0.268 e. The fourth-order valence-electron chi connectivity index (χ4n) is 3.26. The minimum absolute atomic E-state index is 0.0183. The van der Waals surface area contributed by atoms with Gasteiger partial charge < -0.3 is 0 Å². The van der Waals surface area contributed by atoms with Gasteiger partial charge in [0.1, 0.15) is 17.5 Å². The molecule has 0 amide bonds. The van der Waals surface area contributed by atoms with Crippen LogP contribution in [-0.4, -0.2) is 30.3 Å². The van der Waals surface area contributed by atoms with Crippen LogP contribution in [0.1, 0.15) is 37.5 Å². The lowest BCUT2D eigenvalue weighted by Gasteiger charge is -2.32. The Bertz CT molecular complexity index is 1200. The van der Waals surface area contributed by atoms with Crippen LogP contribution in [0.25, 0.3) is 0 Å². The number of rotatable bonds is 8. The molecule has 33 heavy (non-hydrogen) atoms. The molecule has 1 aromatic heterocycles. The van der Waals surface area contributed by atoms with E-state index >= 15 is 0 Å². The molecule has 0 spiro atoms. The van der Waals surface area contributed by atoms with Gasteiger partial charge in [0.2, 0.25) is 0 Å². The van der Waals surface area contributed by atoms with Crippen LogP contribution in [-0.2, 0) is 29.4 Å². The summed E-state index contributed by atoms with van der Waals surface area (Å²) >= 11 is 1.000. The maximum Gasteiger partial charge on any atom is 0.268 e. The SMILES string of the molecule is CN(Cc1cccc(F)c1CCc1cc(F)c(S(=O)(=O)Nc2ccsn2)c(F)c1)C(C)(C)C. The van der Waals surface area contributed by atoms with E-state index in [-0.39, 0.29) is 35.6 Å². The fraction of sp³-hybridized carbons (Fsp3) is 0.348. The number of hydrogen-bond donors (Lipinski definition) is 1. The molecule has 3 rings (SSSR count). The molecule has 0 aliphatic carbocycles. The van der Waals surface area contributed by atoms with Gasteiger partial charge in [-0.25, -0.2) is 21.6 Å². The Hall–Kier alpha value is -2.43. The van der Waals surface area contributed by atoms with Crippen LogP contribution in [0.15, 0.2) is 46.7 Å². The minimum Gasteiger partial charge on any atom is -0.297 e. The Labute approximate surface area is 196 Å². The molecule has 178 valence electrons. The first-order valence-electron chi connectivity index (χ1n) is 10.3. The van der Waals surface area contributed by atoms with Crippen LogP contribution in [0.3, 0.4) is 0 Å². The molecule has 0 aliphatic rings. The summed E-state index contributed by atoms with van der Waals surface area (Å²) in [6.45, 7) is 6.67. The van der Waals surface area contributed by atoms with Crippen molar-refractivity contribution in [2.75, 3.05) is 11.8 Å². The van der Waals surface area contributed by atoms with E-state index in [1.807, 2.05) is 13.1 Å². The summed E-state index contributed by atoms with van der Waals surface area (Å²) < 4.78 is 74.6. The van der Waals surface area contributed by atoms with Gasteiger partial charge in [0, 0.05) is 17.5 Å². The second kappa shape index (κ2) is 9.82. The van der Waals surface area contributed by atoms with Crippen molar-refractivity contribution >= 4 is 27.4 Å². The molecule has 0 saturated carbocycles. The first-order valence-corrected chi connectivity index (χ1v) is 12.6. The third kappa shape index (κ3) is 6.13. The third-order valence-electron chi connectivity index (χ3n) is 5.44. The zero-order valence-corrected chi connectivity index (χ0v) is 20.5. The molecule has 10 heteroatoms. The molecule has 0 atom stereocenters. The largest absolute Gasteiger partial charge is 0.297 e. The van der Waals surface area contributed by atoms with Crippen LogP contribution in [0.4, 0.5) is 19.0 Å². The second-order valence-electron chi connectivity index (χ2n) is 8.78. The van der Waals surface area contributed by atoms with E-state index in [0.29, 0.717) is 12.1 Å². The molecule has 0 unspecified atom stereocenters. The lowest BCUT2D eigenvalue weighted by Crippen LogP contribution is -2.37. The predicted molar refractivity (Wildman–Crippen MR) is 124 cm³/mol. The zero-order chi connectivity index (χ0) is 24.4. The Kier molecular flexibility index (Phi) is 7.50. The van der Waals surface area contributed by atoms with Crippen molar-refractivity contribution in [2.24, 2.45) is 0 Å². The number of aromatic nitrogens is 1. The molecule has 0 saturated heterocycles. The number of nitrogens with zero attached hydrogens (tertiary/aromatic N) is 2. The summed E-state index contributed by atoms with van der Waals surface area (Å²) in [5.41, 5.74) is 1.37. The summed E-state index contributed by atoms with van der Waals surface area (Å²) in [6, 6.07) is 8.16. The number of benzene rings is 2. The Balaban J connectivity index is 1.82. The molecule has 0 fully saturated rings. The first kappa shape index (κ1) is 25.2. The number of hydrogen-bond acceptors (Lipinski definition) is 5. The maximum atomic E-state index is 14.7. The first-order chi connectivity index (χ1) is 15.4. The lowest BCUT2D eigenvalue weighted by molar-refractivity contribution is 0.167. The van der Waals surface area contributed by atoms with Gasteiger partial charge in [0.05, 0.1) is 0 Å². The van der Waals surface area contributed by atoms with Crippen molar-refractivity contribution in [2.45, 2.75) is 50.6 Å². The summed E-state index contributed by atoms with van der Waals surface area (Å²) in [5.74, 6) is -2.83. The molecule has 2 aromatic carbocycles. The second-order valence-corrected chi connectivity index (χ2v) is 11.1. The fourth-order valence-corrected chi connectivity index (χ4v) is 4.91. The average Bonchev–Trinajstić information content (AvgIpc) is 3.18. The zero-order valence-electron chi connectivity index (χ0n) is 18.8. The number of halogens is 3. The van der Waals surface area contributed by atoms with E-state index in [1.165, 1.54) is 17.5 Å². The lowest BCUT2D eigenvalue weighted by atomic mass is 9.97. The van der Waals surface area contributed by atoms with Crippen molar-refractivity contribution in [1.82, 2.24) is 9.27 Å². The molecule has 1 N–H and O–H groups in total. The van der Waals surface area contributed by atoms with E-state index in [0.717, 1.165) is 29.2 Å². The molecule has 3 aromatic rings. The van der Waals surface area contributed by atoms with Crippen molar-refractivity contribution in [1.29, 1.82) is 0 Å². The Morgan fingerprint density at radius 3 is 2.27 bits per heavy atom. The maximum absolute atomic E-state index is 14.7.